The van der Waals surface area contributed by atoms with E-state index < -0.39 is 0 Å². The van der Waals surface area contributed by atoms with Gasteiger partial charge in [0.2, 0.25) is 5.91 Å². The molecule has 2 aliphatic heterocycles. The quantitative estimate of drug-likeness (QED) is 0.762. The summed E-state index contributed by atoms with van der Waals surface area (Å²) in [5, 5.41) is 4.61. The smallest absolute Gasteiger partial charge is 0.267 e. The number of aryl methyl sites for hydroxylation is 2. The first-order chi connectivity index (χ1) is 12.1. The summed E-state index contributed by atoms with van der Waals surface area (Å²) in [7, 11) is 1.82. The Bertz CT molecular complexity index is 711. The van der Waals surface area contributed by atoms with Crippen molar-refractivity contribution in [1.82, 2.24) is 19.6 Å². The van der Waals surface area contributed by atoms with Crippen LogP contribution >= 0.6 is 0 Å². The third-order valence-electron chi connectivity index (χ3n) is 5.55. The molecular formula is C18H26N4O3. The summed E-state index contributed by atoms with van der Waals surface area (Å²) in [6.07, 6.45) is 4.42. The molecule has 0 saturated carbocycles. The molecule has 3 heterocycles. The number of nitrogens with zero attached hydrogens (tertiary/aromatic N) is 4. The van der Waals surface area contributed by atoms with Gasteiger partial charge in [0.1, 0.15) is 6.61 Å². The summed E-state index contributed by atoms with van der Waals surface area (Å²) >= 11 is 0. The highest BCUT2D eigenvalue weighted by atomic mass is 16.5. The molecule has 1 aromatic rings. The number of rotatable bonds is 4. The molecule has 0 bridgehead atoms. The fourth-order valence-electron chi connectivity index (χ4n) is 4.08. The monoisotopic (exact) mass is 346 g/mol. The summed E-state index contributed by atoms with van der Waals surface area (Å²) < 4.78 is 7.26. The first-order valence-electron chi connectivity index (χ1n) is 9.26. The molecule has 1 aliphatic carbocycles. The Morgan fingerprint density at radius 3 is 2.76 bits per heavy atom. The molecule has 1 aromatic heterocycles. The van der Waals surface area contributed by atoms with Crippen molar-refractivity contribution in [2.24, 2.45) is 5.92 Å². The van der Waals surface area contributed by atoms with Gasteiger partial charge in [0, 0.05) is 45.2 Å². The van der Waals surface area contributed by atoms with Crippen LogP contribution in [-0.2, 0) is 28.9 Å². The van der Waals surface area contributed by atoms with Gasteiger partial charge in [-0.15, -0.1) is 0 Å². The van der Waals surface area contributed by atoms with Crippen molar-refractivity contribution < 1.29 is 9.53 Å². The highest BCUT2D eigenvalue weighted by molar-refractivity contribution is 5.77. The molecule has 4 rings (SSSR count). The van der Waals surface area contributed by atoms with Crippen molar-refractivity contribution >= 4 is 5.91 Å². The zero-order valence-corrected chi connectivity index (χ0v) is 14.8. The van der Waals surface area contributed by atoms with E-state index in [9.17, 15) is 9.59 Å². The van der Waals surface area contributed by atoms with Crippen LogP contribution in [0.15, 0.2) is 10.9 Å². The van der Waals surface area contributed by atoms with Gasteiger partial charge in [-0.1, -0.05) is 0 Å². The number of aromatic nitrogens is 2. The van der Waals surface area contributed by atoms with Crippen LogP contribution in [0.5, 0.6) is 0 Å². The first-order valence-corrected chi connectivity index (χ1v) is 9.26. The normalized spacial score (nSPS) is 24.9. The van der Waals surface area contributed by atoms with Gasteiger partial charge in [0.15, 0.2) is 0 Å². The van der Waals surface area contributed by atoms with Crippen LogP contribution < -0.4 is 5.56 Å². The van der Waals surface area contributed by atoms with E-state index in [1.165, 1.54) is 12.8 Å². The minimum atomic E-state index is 0.0369. The Balaban J connectivity index is 1.29. The fourth-order valence-corrected chi connectivity index (χ4v) is 4.08. The standard InChI is InChI=1S/C18H26N4O3/c1-20-10-15(25-12-18(20)24)11-21-7-13(8-21)9-22-17(23)6-14-4-2-3-5-16(14)19-22/h6,13,15H,2-5,7-12H2,1H3. The molecule has 2 saturated heterocycles. The summed E-state index contributed by atoms with van der Waals surface area (Å²) in [5.41, 5.74) is 2.30. The number of ether oxygens (including phenoxy) is 1. The lowest BCUT2D eigenvalue weighted by molar-refractivity contribution is -0.148. The van der Waals surface area contributed by atoms with Crippen LogP contribution in [0, 0.1) is 5.92 Å². The molecule has 1 atom stereocenters. The molecule has 0 radical (unpaired) electrons. The third kappa shape index (κ3) is 3.62. The van der Waals surface area contributed by atoms with E-state index in [1.54, 1.807) is 15.6 Å². The van der Waals surface area contributed by atoms with E-state index in [2.05, 4.69) is 10.00 Å². The average Bonchev–Trinajstić information content (AvgIpc) is 2.56. The molecule has 3 aliphatic rings. The Labute approximate surface area is 147 Å². The van der Waals surface area contributed by atoms with E-state index >= 15 is 0 Å². The van der Waals surface area contributed by atoms with Crippen LogP contribution in [0.2, 0.25) is 0 Å². The lowest BCUT2D eigenvalue weighted by Crippen LogP contribution is -2.55. The predicted octanol–water partition coefficient (Wildman–Crippen LogP) is -0.0889. The van der Waals surface area contributed by atoms with E-state index in [0.717, 1.165) is 43.7 Å². The maximum absolute atomic E-state index is 12.3. The van der Waals surface area contributed by atoms with Gasteiger partial charge in [-0.2, -0.15) is 5.10 Å². The Hall–Kier alpha value is -1.73. The second-order valence-corrected chi connectivity index (χ2v) is 7.64. The highest BCUT2D eigenvalue weighted by Crippen LogP contribution is 2.20. The van der Waals surface area contributed by atoms with E-state index in [0.29, 0.717) is 19.0 Å². The van der Waals surface area contributed by atoms with Gasteiger partial charge in [0.25, 0.3) is 5.56 Å². The number of amides is 1. The molecule has 7 heteroatoms. The molecular weight excluding hydrogens is 320 g/mol. The van der Waals surface area contributed by atoms with Gasteiger partial charge in [-0.3, -0.25) is 14.5 Å². The van der Waals surface area contributed by atoms with Crippen LogP contribution in [0.1, 0.15) is 24.1 Å². The molecule has 1 amide bonds. The fraction of sp³-hybridized carbons (Fsp3) is 0.722. The van der Waals surface area contributed by atoms with Crippen molar-refractivity contribution in [2.45, 2.75) is 38.3 Å². The van der Waals surface area contributed by atoms with Gasteiger partial charge in [0.05, 0.1) is 18.3 Å². The first kappa shape index (κ1) is 16.7. The van der Waals surface area contributed by atoms with Crippen LogP contribution in [0.4, 0.5) is 0 Å². The van der Waals surface area contributed by atoms with E-state index in [-0.39, 0.29) is 24.2 Å². The van der Waals surface area contributed by atoms with Gasteiger partial charge in [-0.05, 0) is 31.2 Å². The second-order valence-electron chi connectivity index (χ2n) is 7.64. The zero-order chi connectivity index (χ0) is 17.4. The summed E-state index contributed by atoms with van der Waals surface area (Å²) in [5.74, 6) is 0.519. The van der Waals surface area contributed by atoms with Crippen molar-refractivity contribution in [3.63, 3.8) is 0 Å². The molecule has 0 spiro atoms. The second kappa shape index (κ2) is 6.88. The summed E-state index contributed by atoms with van der Waals surface area (Å²) in [4.78, 5) is 27.8. The lowest BCUT2D eigenvalue weighted by atomic mass is 9.96. The van der Waals surface area contributed by atoms with Gasteiger partial charge >= 0.3 is 0 Å². The van der Waals surface area contributed by atoms with Crippen LogP contribution in [-0.4, -0.2) is 71.4 Å². The Morgan fingerprint density at radius 1 is 1.16 bits per heavy atom. The Morgan fingerprint density at radius 2 is 1.96 bits per heavy atom. The highest BCUT2D eigenvalue weighted by Gasteiger charge is 2.32. The molecule has 136 valence electrons. The van der Waals surface area contributed by atoms with Crippen molar-refractivity contribution in [1.29, 1.82) is 0 Å². The number of hydrogen-bond donors (Lipinski definition) is 0. The molecule has 0 aromatic carbocycles. The van der Waals surface area contributed by atoms with Gasteiger partial charge < -0.3 is 9.64 Å². The maximum atomic E-state index is 12.3. The molecule has 1 unspecified atom stereocenters. The molecule has 2 fully saturated rings. The van der Waals surface area contributed by atoms with Crippen LogP contribution in [0.3, 0.4) is 0 Å². The van der Waals surface area contributed by atoms with Crippen LogP contribution in [0.25, 0.3) is 0 Å². The number of morpholine rings is 1. The summed E-state index contributed by atoms with van der Waals surface area (Å²) in [6, 6.07) is 1.79. The third-order valence-corrected chi connectivity index (χ3v) is 5.55. The summed E-state index contributed by atoms with van der Waals surface area (Å²) in [6.45, 7) is 4.32. The molecule has 25 heavy (non-hydrogen) atoms. The number of likely N-dealkylation sites (tertiary alicyclic amines) is 1. The number of likely N-dealkylation sites (N-methyl/N-ethyl adjacent to an activating group) is 1. The number of carbonyl (C=O) groups excluding carboxylic acids is 1. The molecule has 0 N–H and O–H groups in total. The maximum Gasteiger partial charge on any atom is 0.267 e. The Kier molecular flexibility index (Phi) is 4.60. The van der Waals surface area contributed by atoms with Crippen molar-refractivity contribution in [3.05, 3.63) is 27.7 Å². The molecule has 7 nitrogen and oxygen atoms in total. The predicted molar refractivity (Wildman–Crippen MR) is 92.4 cm³/mol. The minimum absolute atomic E-state index is 0.0369. The average molecular weight is 346 g/mol. The number of hydrogen-bond acceptors (Lipinski definition) is 5. The van der Waals surface area contributed by atoms with E-state index in [1.807, 2.05) is 7.05 Å². The topological polar surface area (TPSA) is 67.7 Å². The number of fused-ring (bicyclic) bond motifs is 1. The number of carbonyl (C=O) groups is 1. The van der Waals surface area contributed by atoms with Crippen molar-refractivity contribution in [3.8, 4) is 0 Å². The van der Waals surface area contributed by atoms with E-state index in [4.69, 9.17) is 4.74 Å². The van der Waals surface area contributed by atoms with Crippen molar-refractivity contribution in [2.75, 3.05) is 39.8 Å². The lowest BCUT2D eigenvalue weighted by Gasteiger charge is -2.42. The minimum Gasteiger partial charge on any atom is -0.365 e. The van der Waals surface area contributed by atoms with Gasteiger partial charge in [-0.25, -0.2) is 4.68 Å². The SMILES string of the molecule is CN1CC(CN2CC(Cn3nc4c(cc3=O)CCCC4)C2)OCC1=O. The largest absolute Gasteiger partial charge is 0.365 e. The zero-order valence-electron chi connectivity index (χ0n) is 14.8.